The maximum Gasteiger partial charge on any atom is 0.142 e. The Kier molecular flexibility index (Phi) is 4.07. The highest BCUT2D eigenvalue weighted by atomic mass is 16.5. The predicted octanol–water partition coefficient (Wildman–Crippen LogP) is -0.0250. The van der Waals surface area contributed by atoms with Gasteiger partial charge in [-0.3, -0.25) is 9.80 Å². The Balaban J connectivity index is 1.78. The quantitative estimate of drug-likeness (QED) is 0.808. The van der Waals surface area contributed by atoms with E-state index in [0.29, 0.717) is 26.6 Å². The van der Waals surface area contributed by atoms with Crippen molar-refractivity contribution in [2.75, 3.05) is 39.8 Å². The van der Waals surface area contributed by atoms with E-state index in [1.165, 1.54) is 0 Å². The third-order valence-corrected chi connectivity index (χ3v) is 3.67. The predicted molar refractivity (Wildman–Crippen MR) is 72.4 cm³/mol. The molecule has 6 heteroatoms. The minimum Gasteiger partial charge on any atom is -0.478 e. The summed E-state index contributed by atoms with van der Waals surface area (Å²) in [5.41, 5.74) is 2.19. The highest BCUT2D eigenvalue weighted by molar-refractivity contribution is 5.47. The van der Waals surface area contributed by atoms with Gasteiger partial charge in [-0.2, -0.15) is 0 Å². The van der Waals surface area contributed by atoms with E-state index in [9.17, 15) is 0 Å². The zero-order valence-corrected chi connectivity index (χ0v) is 11.4. The monoisotopic (exact) mass is 280 g/mol. The Morgan fingerprint density at radius 2 is 1.30 bits per heavy atom. The molecule has 0 aromatic heterocycles. The largest absolute Gasteiger partial charge is 0.478 e. The van der Waals surface area contributed by atoms with E-state index in [-0.39, 0.29) is 13.2 Å². The van der Waals surface area contributed by atoms with E-state index in [2.05, 4.69) is 9.80 Å². The molecule has 0 saturated carbocycles. The maximum absolute atomic E-state index is 8.99. The molecular weight excluding hydrogens is 260 g/mol. The van der Waals surface area contributed by atoms with E-state index >= 15 is 0 Å². The first-order chi connectivity index (χ1) is 9.80. The lowest BCUT2D eigenvalue weighted by molar-refractivity contribution is 0.0683. The lowest BCUT2D eigenvalue weighted by Crippen LogP contribution is -2.36. The average molecular weight is 280 g/mol. The summed E-state index contributed by atoms with van der Waals surface area (Å²) < 4.78 is 11.5. The summed E-state index contributed by atoms with van der Waals surface area (Å²) in [6, 6.07) is 4.06. The molecule has 0 fully saturated rings. The summed E-state index contributed by atoms with van der Waals surface area (Å²) in [6.07, 6.45) is 0. The van der Waals surface area contributed by atoms with E-state index in [1.807, 2.05) is 12.1 Å². The second kappa shape index (κ2) is 5.97. The first kappa shape index (κ1) is 13.6. The van der Waals surface area contributed by atoms with Crippen LogP contribution in [0.5, 0.6) is 11.5 Å². The van der Waals surface area contributed by atoms with Crippen LogP contribution in [0.1, 0.15) is 11.1 Å². The fraction of sp³-hybridized carbons (Fsp3) is 0.571. The number of aliphatic hydroxyl groups excluding tert-OH is 2. The molecule has 0 spiro atoms. The van der Waals surface area contributed by atoms with E-state index in [1.54, 1.807) is 0 Å². The summed E-state index contributed by atoms with van der Waals surface area (Å²) in [7, 11) is 0. The number of hydrogen-bond donors (Lipinski definition) is 2. The van der Waals surface area contributed by atoms with Crippen molar-refractivity contribution in [3.05, 3.63) is 23.3 Å². The van der Waals surface area contributed by atoms with Gasteiger partial charge in [0.1, 0.15) is 25.0 Å². The number of rotatable bonds is 4. The first-order valence-electron chi connectivity index (χ1n) is 6.88. The van der Waals surface area contributed by atoms with Gasteiger partial charge in [-0.05, 0) is 12.1 Å². The normalized spacial score (nSPS) is 18.9. The lowest BCUT2D eigenvalue weighted by Gasteiger charge is -2.32. The third-order valence-electron chi connectivity index (χ3n) is 3.67. The molecule has 3 rings (SSSR count). The number of benzene rings is 1. The number of aliphatic hydroxyl groups is 2. The van der Waals surface area contributed by atoms with Crippen LogP contribution in [0.15, 0.2) is 12.1 Å². The van der Waals surface area contributed by atoms with Crippen molar-refractivity contribution in [3.63, 3.8) is 0 Å². The van der Waals surface area contributed by atoms with Gasteiger partial charge in [0.05, 0.1) is 13.2 Å². The molecule has 0 amide bonds. The van der Waals surface area contributed by atoms with Gasteiger partial charge in [0, 0.05) is 37.3 Å². The highest BCUT2D eigenvalue weighted by Crippen LogP contribution is 2.34. The van der Waals surface area contributed by atoms with E-state index in [0.717, 1.165) is 35.7 Å². The van der Waals surface area contributed by atoms with Crippen LogP contribution in [0.3, 0.4) is 0 Å². The van der Waals surface area contributed by atoms with Gasteiger partial charge < -0.3 is 19.7 Å². The Morgan fingerprint density at radius 3 is 1.70 bits per heavy atom. The molecule has 0 bridgehead atoms. The molecule has 110 valence electrons. The van der Waals surface area contributed by atoms with Gasteiger partial charge in [-0.1, -0.05) is 0 Å². The van der Waals surface area contributed by atoms with Crippen LogP contribution in [0.4, 0.5) is 0 Å². The van der Waals surface area contributed by atoms with Crippen molar-refractivity contribution < 1.29 is 19.7 Å². The molecule has 20 heavy (non-hydrogen) atoms. The fourth-order valence-electron chi connectivity index (χ4n) is 2.62. The van der Waals surface area contributed by atoms with Gasteiger partial charge in [-0.15, -0.1) is 0 Å². The molecule has 1 aromatic carbocycles. The maximum atomic E-state index is 8.99. The van der Waals surface area contributed by atoms with Crippen molar-refractivity contribution in [1.29, 1.82) is 0 Å². The smallest absolute Gasteiger partial charge is 0.142 e. The molecule has 1 aromatic rings. The number of ether oxygens (including phenoxy) is 2. The van der Waals surface area contributed by atoms with Crippen molar-refractivity contribution >= 4 is 0 Å². The molecule has 6 nitrogen and oxygen atoms in total. The van der Waals surface area contributed by atoms with Crippen molar-refractivity contribution in [3.8, 4) is 11.5 Å². The molecule has 2 aliphatic heterocycles. The molecule has 0 saturated heterocycles. The highest BCUT2D eigenvalue weighted by Gasteiger charge is 2.23. The van der Waals surface area contributed by atoms with Crippen LogP contribution in [0, 0.1) is 0 Å². The zero-order valence-electron chi connectivity index (χ0n) is 11.4. The van der Waals surface area contributed by atoms with Gasteiger partial charge >= 0.3 is 0 Å². The van der Waals surface area contributed by atoms with Gasteiger partial charge in [-0.25, -0.2) is 0 Å². The Bertz CT molecular complexity index is 437. The summed E-state index contributed by atoms with van der Waals surface area (Å²) in [5.74, 6) is 1.79. The van der Waals surface area contributed by atoms with Gasteiger partial charge in [0.15, 0.2) is 0 Å². The molecular formula is C14H20N2O4. The molecule has 2 aliphatic rings. The number of hydrogen-bond acceptors (Lipinski definition) is 6. The average Bonchev–Trinajstić information content (AvgIpc) is 2.46. The van der Waals surface area contributed by atoms with Gasteiger partial charge in [0.25, 0.3) is 0 Å². The van der Waals surface area contributed by atoms with Crippen LogP contribution in [0.2, 0.25) is 0 Å². The molecule has 0 unspecified atom stereocenters. The lowest BCUT2D eigenvalue weighted by atomic mass is 10.1. The minimum atomic E-state index is 0.135. The summed E-state index contributed by atoms with van der Waals surface area (Å²) in [6.45, 7) is 4.05. The fourth-order valence-corrected chi connectivity index (χ4v) is 2.62. The number of β-amino-alcohol motifs (C(OH)–C–C–N with tert-alkyl or cyclic N) is 2. The van der Waals surface area contributed by atoms with Crippen LogP contribution in [-0.2, 0) is 13.1 Å². The van der Waals surface area contributed by atoms with Crippen molar-refractivity contribution in [1.82, 2.24) is 9.80 Å². The zero-order chi connectivity index (χ0) is 13.9. The second-order valence-electron chi connectivity index (χ2n) is 5.17. The van der Waals surface area contributed by atoms with E-state index in [4.69, 9.17) is 19.7 Å². The van der Waals surface area contributed by atoms with E-state index < -0.39 is 0 Å². The Labute approximate surface area is 118 Å². The number of fused-ring (bicyclic) bond motifs is 2. The van der Waals surface area contributed by atoms with Crippen LogP contribution >= 0.6 is 0 Å². The topological polar surface area (TPSA) is 65.4 Å². The Hall–Kier alpha value is -1.34. The molecule has 2 N–H and O–H groups in total. The molecule has 0 aliphatic carbocycles. The minimum absolute atomic E-state index is 0.135. The van der Waals surface area contributed by atoms with Crippen molar-refractivity contribution in [2.24, 2.45) is 0 Å². The summed E-state index contributed by atoms with van der Waals surface area (Å²) in [4.78, 5) is 4.10. The summed E-state index contributed by atoms with van der Waals surface area (Å²) >= 11 is 0. The van der Waals surface area contributed by atoms with Crippen LogP contribution < -0.4 is 9.47 Å². The standard InChI is InChI=1S/C14H20N2O4/c17-3-1-15-7-11-5-14-12(6-13(11)19-9-15)8-16(2-4-18)10-20-14/h5-6,17-18H,1-4,7-10H2. The van der Waals surface area contributed by atoms with Crippen molar-refractivity contribution in [2.45, 2.75) is 13.1 Å². The summed E-state index contributed by atoms with van der Waals surface area (Å²) in [5, 5.41) is 18.0. The molecule has 0 atom stereocenters. The first-order valence-corrected chi connectivity index (χ1v) is 6.88. The molecule has 0 radical (unpaired) electrons. The second-order valence-corrected chi connectivity index (χ2v) is 5.17. The van der Waals surface area contributed by atoms with Crippen LogP contribution in [-0.4, -0.2) is 59.8 Å². The van der Waals surface area contributed by atoms with Crippen LogP contribution in [0.25, 0.3) is 0 Å². The Morgan fingerprint density at radius 1 is 0.850 bits per heavy atom. The van der Waals surface area contributed by atoms with Gasteiger partial charge in [0.2, 0.25) is 0 Å². The SMILES string of the molecule is OCCN1COc2cc3c(cc2C1)OCN(CCO)C3. The number of nitrogens with zero attached hydrogens (tertiary/aromatic N) is 2. The molecule has 2 heterocycles. The third kappa shape index (κ3) is 2.73.